The molecule has 146 valence electrons. The van der Waals surface area contributed by atoms with Crippen LogP contribution in [-0.2, 0) is 19.6 Å². The predicted octanol–water partition coefficient (Wildman–Crippen LogP) is 1.91. The lowest BCUT2D eigenvalue weighted by Gasteiger charge is -2.10. The van der Waals surface area contributed by atoms with Gasteiger partial charge >= 0.3 is 0 Å². The van der Waals surface area contributed by atoms with E-state index < -0.39 is 34.2 Å². The number of sulfonamides is 1. The van der Waals surface area contributed by atoms with Crippen LogP contribution in [-0.4, -0.2) is 41.2 Å². The molecule has 0 aliphatic rings. The number of carbonyl (C=O) groups is 1. The molecule has 1 amide bonds. The van der Waals surface area contributed by atoms with Crippen molar-refractivity contribution in [2.75, 3.05) is 32.2 Å². The van der Waals surface area contributed by atoms with E-state index in [1.54, 1.807) is 0 Å². The Bertz CT molecular complexity index is 889. The van der Waals surface area contributed by atoms with E-state index in [1.165, 1.54) is 31.4 Å². The fraction of sp³-hybridized carbons (Fsp3) is 0.235. The van der Waals surface area contributed by atoms with Gasteiger partial charge in [0.2, 0.25) is 10.0 Å². The zero-order valence-electron chi connectivity index (χ0n) is 14.4. The Morgan fingerprint density at radius 3 is 2.48 bits per heavy atom. The minimum Gasteiger partial charge on any atom is -0.484 e. The molecule has 0 saturated carbocycles. The average Bonchev–Trinajstić information content (AvgIpc) is 2.63. The van der Waals surface area contributed by atoms with E-state index in [1.807, 2.05) is 0 Å². The normalized spacial score (nSPS) is 11.2. The molecule has 0 aromatic heterocycles. The molecule has 10 heteroatoms. The minimum atomic E-state index is -3.67. The van der Waals surface area contributed by atoms with E-state index in [4.69, 9.17) is 9.47 Å². The molecular weight excluding hydrogens is 382 g/mol. The Hall–Kier alpha value is -2.56. The number of halogens is 2. The third kappa shape index (κ3) is 6.27. The molecule has 0 aliphatic heterocycles. The molecular formula is C17H18F2N2O5S. The minimum absolute atomic E-state index is 0.0252. The molecule has 0 atom stereocenters. The Kier molecular flexibility index (Phi) is 7.22. The summed E-state index contributed by atoms with van der Waals surface area (Å²) in [5.74, 6) is -1.93. The summed E-state index contributed by atoms with van der Waals surface area (Å²) in [6, 6.07) is 8.06. The van der Waals surface area contributed by atoms with Gasteiger partial charge in [0, 0.05) is 19.7 Å². The molecule has 0 fully saturated rings. The number of benzene rings is 2. The van der Waals surface area contributed by atoms with Gasteiger partial charge in [0.1, 0.15) is 17.4 Å². The van der Waals surface area contributed by atoms with Crippen molar-refractivity contribution in [1.82, 2.24) is 4.72 Å². The highest BCUT2D eigenvalue weighted by Gasteiger charge is 2.14. The summed E-state index contributed by atoms with van der Waals surface area (Å²) < 4.78 is 62.9. The van der Waals surface area contributed by atoms with Gasteiger partial charge < -0.3 is 14.8 Å². The van der Waals surface area contributed by atoms with Gasteiger partial charge in [-0.15, -0.1) is 0 Å². The molecule has 0 aliphatic carbocycles. The van der Waals surface area contributed by atoms with Crippen molar-refractivity contribution in [3.05, 3.63) is 54.1 Å². The molecule has 0 heterocycles. The molecule has 0 unspecified atom stereocenters. The van der Waals surface area contributed by atoms with Gasteiger partial charge in [-0.25, -0.2) is 21.9 Å². The lowest BCUT2D eigenvalue weighted by atomic mass is 10.3. The number of ether oxygens (including phenoxy) is 2. The van der Waals surface area contributed by atoms with Crippen LogP contribution in [0.4, 0.5) is 14.5 Å². The topological polar surface area (TPSA) is 93.7 Å². The molecule has 2 N–H and O–H groups in total. The van der Waals surface area contributed by atoms with E-state index in [2.05, 4.69) is 10.0 Å². The molecule has 0 spiro atoms. The molecule has 2 aromatic carbocycles. The molecule has 0 radical (unpaired) electrons. The van der Waals surface area contributed by atoms with Crippen LogP contribution in [0.5, 0.6) is 5.75 Å². The predicted molar refractivity (Wildman–Crippen MR) is 94.0 cm³/mol. The van der Waals surface area contributed by atoms with Crippen LogP contribution in [0.15, 0.2) is 47.4 Å². The number of nitrogens with one attached hydrogen (secondary N) is 2. The van der Waals surface area contributed by atoms with E-state index >= 15 is 0 Å². The van der Waals surface area contributed by atoms with Crippen molar-refractivity contribution in [1.29, 1.82) is 0 Å². The summed E-state index contributed by atoms with van der Waals surface area (Å²) in [5, 5.41) is 2.19. The highest BCUT2D eigenvalue weighted by Crippen LogP contribution is 2.17. The number of amides is 1. The molecule has 2 aromatic rings. The molecule has 0 saturated heterocycles. The molecule has 0 bridgehead atoms. The van der Waals surface area contributed by atoms with E-state index in [9.17, 15) is 22.0 Å². The number of methoxy groups -OCH3 is 1. The average molecular weight is 400 g/mol. The largest absolute Gasteiger partial charge is 0.484 e. The van der Waals surface area contributed by atoms with Crippen LogP contribution in [0, 0.1) is 11.6 Å². The van der Waals surface area contributed by atoms with Crippen molar-refractivity contribution in [3.8, 4) is 5.75 Å². The van der Waals surface area contributed by atoms with Crippen LogP contribution in [0.1, 0.15) is 0 Å². The summed E-state index contributed by atoms with van der Waals surface area (Å²) >= 11 is 0. The fourth-order valence-electron chi connectivity index (χ4n) is 2.00. The van der Waals surface area contributed by atoms with Crippen LogP contribution >= 0.6 is 0 Å². The van der Waals surface area contributed by atoms with Crippen molar-refractivity contribution in [3.63, 3.8) is 0 Å². The zero-order chi connectivity index (χ0) is 19.9. The highest BCUT2D eigenvalue weighted by atomic mass is 32.2. The highest BCUT2D eigenvalue weighted by molar-refractivity contribution is 7.89. The number of carbonyl (C=O) groups excluding carboxylic acids is 1. The van der Waals surface area contributed by atoms with Crippen LogP contribution < -0.4 is 14.8 Å². The molecule has 7 nitrogen and oxygen atoms in total. The lowest BCUT2D eigenvalue weighted by molar-refractivity contribution is -0.118. The van der Waals surface area contributed by atoms with Crippen molar-refractivity contribution in [2.24, 2.45) is 0 Å². The van der Waals surface area contributed by atoms with Crippen molar-refractivity contribution >= 4 is 21.6 Å². The van der Waals surface area contributed by atoms with Gasteiger partial charge in [0.05, 0.1) is 17.2 Å². The standard InChI is InChI=1S/C17H18F2N2O5S/c1-25-9-8-20-27(23,24)14-5-3-13(4-6-14)26-11-17(22)21-16-10-12(18)2-7-15(16)19/h2-7,10,20H,8-9,11H2,1H3,(H,21,22). The number of anilines is 1. The molecule has 27 heavy (non-hydrogen) atoms. The van der Waals surface area contributed by atoms with E-state index in [0.29, 0.717) is 0 Å². The summed E-state index contributed by atoms with van der Waals surface area (Å²) in [6.45, 7) is -0.0938. The third-order valence-corrected chi connectivity index (χ3v) is 4.78. The number of hydrogen-bond donors (Lipinski definition) is 2. The Labute approximate surface area is 155 Å². The number of rotatable bonds is 9. The van der Waals surface area contributed by atoms with Gasteiger partial charge in [-0.05, 0) is 36.4 Å². The van der Waals surface area contributed by atoms with Gasteiger partial charge in [0.15, 0.2) is 6.61 Å². The van der Waals surface area contributed by atoms with Crippen molar-refractivity contribution in [2.45, 2.75) is 4.90 Å². The van der Waals surface area contributed by atoms with Crippen LogP contribution in [0.2, 0.25) is 0 Å². The van der Waals surface area contributed by atoms with Gasteiger partial charge in [-0.3, -0.25) is 4.79 Å². The Morgan fingerprint density at radius 1 is 1.11 bits per heavy atom. The monoisotopic (exact) mass is 400 g/mol. The lowest BCUT2D eigenvalue weighted by Crippen LogP contribution is -2.27. The maximum Gasteiger partial charge on any atom is 0.262 e. The maximum atomic E-state index is 13.5. The Balaban J connectivity index is 1.91. The quantitative estimate of drug-likeness (QED) is 0.627. The smallest absolute Gasteiger partial charge is 0.262 e. The van der Waals surface area contributed by atoms with Gasteiger partial charge in [-0.2, -0.15) is 0 Å². The number of hydrogen-bond acceptors (Lipinski definition) is 5. The fourth-order valence-corrected chi connectivity index (χ4v) is 3.02. The second-order valence-electron chi connectivity index (χ2n) is 5.32. The molecule has 2 rings (SSSR count). The maximum absolute atomic E-state index is 13.5. The van der Waals surface area contributed by atoms with Crippen molar-refractivity contribution < 1.29 is 31.5 Å². The first-order valence-electron chi connectivity index (χ1n) is 7.78. The van der Waals surface area contributed by atoms with E-state index in [-0.39, 0.29) is 29.5 Å². The Morgan fingerprint density at radius 2 is 1.81 bits per heavy atom. The van der Waals surface area contributed by atoms with E-state index in [0.717, 1.165) is 18.2 Å². The summed E-state index contributed by atoms with van der Waals surface area (Å²) in [4.78, 5) is 11.8. The second-order valence-corrected chi connectivity index (χ2v) is 7.09. The first kappa shape index (κ1) is 20.7. The van der Waals surface area contributed by atoms with Crippen LogP contribution in [0.3, 0.4) is 0 Å². The van der Waals surface area contributed by atoms with Gasteiger partial charge in [0.25, 0.3) is 5.91 Å². The first-order valence-corrected chi connectivity index (χ1v) is 9.26. The van der Waals surface area contributed by atoms with Gasteiger partial charge in [-0.1, -0.05) is 0 Å². The second kappa shape index (κ2) is 9.40. The summed E-state index contributed by atoms with van der Waals surface area (Å²) in [5.41, 5.74) is -0.299. The third-order valence-electron chi connectivity index (χ3n) is 3.30. The summed E-state index contributed by atoms with van der Waals surface area (Å²) in [6.07, 6.45) is 0. The summed E-state index contributed by atoms with van der Waals surface area (Å²) in [7, 11) is -2.21. The van der Waals surface area contributed by atoms with Crippen LogP contribution in [0.25, 0.3) is 0 Å². The SMILES string of the molecule is COCCNS(=O)(=O)c1ccc(OCC(=O)Nc2cc(F)ccc2F)cc1. The first-order chi connectivity index (χ1) is 12.8. The zero-order valence-corrected chi connectivity index (χ0v) is 15.2.